The summed E-state index contributed by atoms with van der Waals surface area (Å²) >= 11 is 0. The van der Waals surface area contributed by atoms with Gasteiger partial charge >= 0.3 is 5.97 Å². The van der Waals surface area contributed by atoms with Gasteiger partial charge in [-0.3, -0.25) is 9.59 Å². The smallest absolute Gasteiger partial charge is 0.306 e. The van der Waals surface area contributed by atoms with Crippen LogP contribution in [-0.4, -0.2) is 24.0 Å². The van der Waals surface area contributed by atoms with Crippen molar-refractivity contribution >= 4 is 11.9 Å². The van der Waals surface area contributed by atoms with Crippen LogP contribution in [0.1, 0.15) is 61.3 Å². The van der Waals surface area contributed by atoms with Gasteiger partial charge in [-0.05, 0) is 32.1 Å². The summed E-state index contributed by atoms with van der Waals surface area (Å²) in [6, 6.07) is 0. The number of hydrogen-bond acceptors (Lipinski definition) is 3. The maximum Gasteiger partial charge on any atom is 0.306 e. The fraction of sp³-hybridized carbons (Fsp3) is 0.867. The molecule has 0 aromatic heterocycles. The standard InChI is InChI=1S/C15H29NO3/c1-11(14(2,3)4)10-16-12(17)8-9-13(18)19-15(5,6)7/h11H,8-10H2,1-7H3,(H,16,17). The minimum Gasteiger partial charge on any atom is -0.460 e. The van der Waals surface area contributed by atoms with Crippen LogP contribution in [0.25, 0.3) is 0 Å². The maximum absolute atomic E-state index is 11.6. The molecule has 1 amide bonds. The quantitative estimate of drug-likeness (QED) is 0.782. The van der Waals surface area contributed by atoms with E-state index in [0.717, 1.165) is 0 Å². The Hall–Kier alpha value is -1.06. The summed E-state index contributed by atoms with van der Waals surface area (Å²) < 4.78 is 5.15. The number of ether oxygens (including phenoxy) is 1. The molecule has 112 valence electrons. The highest BCUT2D eigenvalue weighted by Gasteiger charge is 2.21. The summed E-state index contributed by atoms with van der Waals surface area (Å²) in [5, 5.41) is 2.86. The zero-order valence-corrected chi connectivity index (χ0v) is 13.4. The lowest BCUT2D eigenvalue weighted by Crippen LogP contribution is -2.34. The fourth-order valence-corrected chi connectivity index (χ4v) is 1.27. The van der Waals surface area contributed by atoms with Gasteiger partial charge in [0.25, 0.3) is 0 Å². The summed E-state index contributed by atoms with van der Waals surface area (Å²) in [5.41, 5.74) is -0.327. The highest BCUT2D eigenvalue weighted by atomic mass is 16.6. The number of hydrogen-bond donors (Lipinski definition) is 1. The lowest BCUT2D eigenvalue weighted by molar-refractivity contribution is -0.155. The van der Waals surface area contributed by atoms with Crippen molar-refractivity contribution in [3.8, 4) is 0 Å². The van der Waals surface area contributed by atoms with Crippen LogP contribution in [-0.2, 0) is 14.3 Å². The van der Waals surface area contributed by atoms with Crippen molar-refractivity contribution in [1.82, 2.24) is 5.32 Å². The summed E-state index contributed by atoms with van der Waals surface area (Å²) in [6.07, 6.45) is 0.318. The largest absolute Gasteiger partial charge is 0.460 e. The Balaban J connectivity index is 3.92. The van der Waals surface area contributed by atoms with Gasteiger partial charge in [-0.15, -0.1) is 0 Å². The third-order valence-corrected chi connectivity index (χ3v) is 3.06. The van der Waals surface area contributed by atoms with E-state index >= 15 is 0 Å². The van der Waals surface area contributed by atoms with Gasteiger partial charge in [0.15, 0.2) is 0 Å². The lowest BCUT2D eigenvalue weighted by atomic mass is 9.82. The Kier molecular flexibility index (Phi) is 6.53. The second-order valence-electron chi connectivity index (χ2n) is 7.16. The predicted molar refractivity (Wildman–Crippen MR) is 76.7 cm³/mol. The zero-order valence-electron chi connectivity index (χ0n) is 13.4. The number of rotatable bonds is 5. The van der Waals surface area contributed by atoms with Gasteiger partial charge in [0.05, 0.1) is 6.42 Å². The average Bonchev–Trinajstić information content (AvgIpc) is 2.19. The van der Waals surface area contributed by atoms with Gasteiger partial charge in [0, 0.05) is 13.0 Å². The third-order valence-electron chi connectivity index (χ3n) is 3.06. The number of esters is 1. The van der Waals surface area contributed by atoms with Crippen molar-refractivity contribution in [3.05, 3.63) is 0 Å². The number of nitrogens with one attached hydrogen (secondary N) is 1. The van der Waals surface area contributed by atoms with E-state index < -0.39 is 5.60 Å². The van der Waals surface area contributed by atoms with Crippen molar-refractivity contribution in [2.24, 2.45) is 11.3 Å². The monoisotopic (exact) mass is 271 g/mol. The molecule has 1 atom stereocenters. The van der Waals surface area contributed by atoms with E-state index in [4.69, 9.17) is 4.74 Å². The minimum absolute atomic E-state index is 0.0954. The molecule has 4 heteroatoms. The van der Waals surface area contributed by atoms with Crippen LogP contribution >= 0.6 is 0 Å². The summed E-state index contributed by atoms with van der Waals surface area (Å²) in [6.45, 7) is 14.6. The third kappa shape index (κ3) is 9.51. The molecular formula is C15H29NO3. The van der Waals surface area contributed by atoms with Crippen LogP contribution in [0.3, 0.4) is 0 Å². The molecule has 0 aliphatic rings. The summed E-state index contributed by atoms with van der Waals surface area (Å²) in [5.74, 6) is -0.0357. The minimum atomic E-state index is -0.492. The second-order valence-corrected chi connectivity index (χ2v) is 7.16. The Morgan fingerprint density at radius 3 is 2.00 bits per heavy atom. The van der Waals surface area contributed by atoms with Gasteiger partial charge < -0.3 is 10.1 Å². The number of amides is 1. The first-order chi connectivity index (χ1) is 8.42. The van der Waals surface area contributed by atoms with Crippen molar-refractivity contribution in [1.29, 1.82) is 0 Å². The second kappa shape index (κ2) is 6.92. The molecule has 0 heterocycles. The molecule has 1 N–H and O–H groups in total. The number of carbonyl (C=O) groups excluding carboxylic acids is 2. The lowest BCUT2D eigenvalue weighted by Gasteiger charge is -2.27. The van der Waals surface area contributed by atoms with Crippen LogP contribution in [0, 0.1) is 11.3 Å². The molecule has 0 fully saturated rings. The maximum atomic E-state index is 11.6. The average molecular weight is 271 g/mol. The van der Waals surface area contributed by atoms with Crippen molar-refractivity contribution < 1.29 is 14.3 Å². The van der Waals surface area contributed by atoms with E-state index in [2.05, 4.69) is 33.0 Å². The number of carbonyl (C=O) groups is 2. The Morgan fingerprint density at radius 2 is 1.58 bits per heavy atom. The van der Waals surface area contributed by atoms with E-state index in [1.807, 2.05) is 20.8 Å². The highest BCUT2D eigenvalue weighted by Crippen LogP contribution is 2.24. The topological polar surface area (TPSA) is 55.4 Å². The van der Waals surface area contributed by atoms with E-state index in [1.54, 1.807) is 0 Å². The molecule has 0 spiro atoms. The molecule has 0 aliphatic carbocycles. The first-order valence-corrected chi connectivity index (χ1v) is 6.90. The summed E-state index contributed by atoms with van der Waals surface area (Å²) in [7, 11) is 0. The molecule has 19 heavy (non-hydrogen) atoms. The Morgan fingerprint density at radius 1 is 1.05 bits per heavy atom. The molecule has 0 saturated carbocycles. The molecule has 0 bridgehead atoms. The first-order valence-electron chi connectivity index (χ1n) is 6.90. The van der Waals surface area contributed by atoms with Crippen LogP contribution in [0.2, 0.25) is 0 Å². The van der Waals surface area contributed by atoms with E-state index in [1.165, 1.54) is 0 Å². The van der Waals surface area contributed by atoms with Crippen LogP contribution in [0.4, 0.5) is 0 Å². The molecule has 4 nitrogen and oxygen atoms in total. The van der Waals surface area contributed by atoms with Crippen LogP contribution in [0.5, 0.6) is 0 Å². The van der Waals surface area contributed by atoms with Crippen molar-refractivity contribution in [2.45, 2.75) is 66.9 Å². The molecule has 0 aromatic carbocycles. The van der Waals surface area contributed by atoms with Gasteiger partial charge in [0.1, 0.15) is 5.60 Å². The van der Waals surface area contributed by atoms with E-state index in [9.17, 15) is 9.59 Å². The molecule has 0 aliphatic heterocycles. The van der Waals surface area contributed by atoms with Crippen molar-refractivity contribution in [3.63, 3.8) is 0 Å². The normalized spacial score (nSPS) is 13.8. The zero-order chi connectivity index (χ0) is 15.3. The van der Waals surface area contributed by atoms with Gasteiger partial charge in [-0.2, -0.15) is 0 Å². The SMILES string of the molecule is CC(CNC(=O)CCC(=O)OC(C)(C)C)C(C)(C)C. The molecule has 0 radical (unpaired) electrons. The predicted octanol–water partition coefficient (Wildman–Crippen LogP) is 2.91. The van der Waals surface area contributed by atoms with Gasteiger partial charge in [0.2, 0.25) is 5.91 Å². The fourth-order valence-electron chi connectivity index (χ4n) is 1.27. The van der Waals surface area contributed by atoms with E-state index in [-0.39, 0.29) is 30.1 Å². The Labute approximate surface area is 117 Å². The van der Waals surface area contributed by atoms with Crippen molar-refractivity contribution in [2.75, 3.05) is 6.54 Å². The van der Waals surface area contributed by atoms with Crippen LogP contribution in [0.15, 0.2) is 0 Å². The molecule has 0 saturated heterocycles. The van der Waals surface area contributed by atoms with E-state index in [0.29, 0.717) is 12.5 Å². The Bertz CT molecular complexity index is 310. The van der Waals surface area contributed by atoms with Crippen LogP contribution < -0.4 is 5.32 Å². The molecule has 0 aromatic rings. The summed E-state index contributed by atoms with van der Waals surface area (Å²) in [4.78, 5) is 23.1. The van der Waals surface area contributed by atoms with Gasteiger partial charge in [-0.25, -0.2) is 0 Å². The molecule has 0 rings (SSSR count). The molecular weight excluding hydrogens is 242 g/mol. The molecule has 1 unspecified atom stereocenters. The van der Waals surface area contributed by atoms with Gasteiger partial charge in [-0.1, -0.05) is 27.7 Å². The first kappa shape index (κ1) is 17.9. The highest BCUT2D eigenvalue weighted by molar-refractivity contribution is 5.81.